The summed E-state index contributed by atoms with van der Waals surface area (Å²) in [6.45, 7) is 2.16. The predicted octanol–water partition coefficient (Wildman–Crippen LogP) is 19.1. The van der Waals surface area contributed by atoms with Crippen LogP contribution in [0, 0.1) is 25.1 Å². The molecule has 0 atom stereocenters. The number of rotatable bonds is 11. The van der Waals surface area contributed by atoms with Gasteiger partial charge in [-0.3, -0.25) is 4.98 Å². The van der Waals surface area contributed by atoms with Crippen LogP contribution in [0.2, 0.25) is 0 Å². The van der Waals surface area contributed by atoms with Gasteiger partial charge in [-0.05, 0) is 116 Å². The number of para-hydroxylation sites is 1. The van der Waals surface area contributed by atoms with Crippen LogP contribution >= 0.6 is 0 Å². The van der Waals surface area contributed by atoms with Crippen LogP contribution in [0.4, 0.5) is 0 Å². The summed E-state index contributed by atoms with van der Waals surface area (Å²) in [5, 5.41) is 1.15. The molecule has 3 nitrogen and oxygen atoms in total. The average Bonchev–Trinajstić information content (AvgIpc) is 3.53. The number of fused-ring (bicyclic) bond motifs is 1. The van der Waals surface area contributed by atoms with Crippen LogP contribution in [0.1, 0.15) is 5.56 Å². The van der Waals surface area contributed by atoms with E-state index in [-0.39, 0.29) is 20.1 Å². The first-order valence-electron chi connectivity index (χ1n) is 26.0. The smallest absolute Gasteiger partial charge is 0.305 e. The van der Waals surface area contributed by atoms with E-state index in [1.54, 1.807) is 0 Å². The minimum atomic E-state index is 0. The van der Waals surface area contributed by atoms with Crippen LogP contribution < -0.4 is 0 Å². The summed E-state index contributed by atoms with van der Waals surface area (Å²) >= 11 is 0. The molecule has 0 unspecified atom stereocenters. The number of pyridine rings is 3. The minimum absolute atomic E-state index is 0. The Labute approximate surface area is 469 Å². The zero-order valence-electron chi connectivity index (χ0n) is 42.7. The van der Waals surface area contributed by atoms with Crippen molar-refractivity contribution in [2.24, 2.45) is 0 Å². The first kappa shape index (κ1) is 49.4. The molecule has 3 aromatic heterocycles. The van der Waals surface area contributed by atoms with Gasteiger partial charge in [0.2, 0.25) is 0 Å². The van der Waals surface area contributed by atoms with Crippen LogP contribution in [0.3, 0.4) is 0 Å². The Hall–Kier alpha value is -9.44. The fraction of sp³-hybridized carbons (Fsp3) is 0.0135. The van der Waals surface area contributed by atoms with Gasteiger partial charge in [0.15, 0.2) is 0 Å². The maximum atomic E-state index is 5.19. The van der Waals surface area contributed by atoms with Gasteiger partial charge in [0.1, 0.15) is 0 Å². The van der Waals surface area contributed by atoms with Crippen molar-refractivity contribution in [2.45, 2.75) is 6.92 Å². The molecule has 0 fully saturated rings. The maximum absolute atomic E-state index is 5.19. The zero-order valence-corrected chi connectivity index (χ0v) is 45.1. The second kappa shape index (κ2) is 22.0. The molecule has 0 saturated heterocycles. The van der Waals surface area contributed by atoms with Crippen molar-refractivity contribution >= 4 is 10.9 Å². The largest absolute Gasteiger partial charge is 3.00 e. The number of aromatic nitrogens is 3. The monoisotopic (exact) mass is 1170 g/mol. The van der Waals surface area contributed by atoms with Gasteiger partial charge in [-0.25, -0.2) is 0 Å². The Balaban J connectivity index is 0.00000609. The van der Waals surface area contributed by atoms with Crippen LogP contribution in [0.15, 0.2) is 273 Å². The van der Waals surface area contributed by atoms with Crippen molar-refractivity contribution in [2.75, 3.05) is 0 Å². The van der Waals surface area contributed by atoms with Crippen LogP contribution in [-0.4, -0.2) is 15.0 Å². The van der Waals surface area contributed by atoms with Gasteiger partial charge in [-0.2, -0.15) is 0 Å². The van der Waals surface area contributed by atoms with Crippen molar-refractivity contribution in [1.82, 2.24) is 15.0 Å². The summed E-state index contributed by atoms with van der Waals surface area (Å²) in [6.07, 6.45) is 3.65. The minimum Gasteiger partial charge on any atom is -0.305 e. The van der Waals surface area contributed by atoms with Crippen LogP contribution in [-0.2, 0) is 20.1 Å². The molecule has 0 aliphatic carbocycles. The quantitative estimate of drug-likeness (QED) is 0.121. The second-order valence-corrected chi connectivity index (χ2v) is 19.3. The summed E-state index contributed by atoms with van der Waals surface area (Å²) < 4.78 is 0. The third kappa shape index (κ3) is 9.95. The van der Waals surface area contributed by atoms with E-state index in [0.717, 1.165) is 123 Å². The summed E-state index contributed by atoms with van der Waals surface area (Å²) in [4.78, 5) is 14.4. The molecule has 0 radical (unpaired) electrons. The van der Waals surface area contributed by atoms with Crippen molar-refractivity contribution in [1.29, 1.82) is 0 Å². The molecule has 13 rings (SSSR count). The standard InChI is InChI=1S/C74H48N3.Ir/c1-50-45-74(77-73-28-12-11-19-62(50)73)58-41-42-69(70(49-58)55-31-29-52(30-32-55)51-17-3-2-4-18-51)68-25-10-9-24-67(68)61-47-59(65-22-7-5-20-63(65)53-33-37-56(38-34-53)71-26-13-15-43-75-71)46-60(48-61)66-23-8-6-21-64(66)54-35-39-57(40-36-54)72-27-14-16-44-76-72;/h2-37,39,42-49H,1H3;/q-3;+3. The fourth-order valence-electron chi connectivity index (χ4n) is 10.6. The molecule has 0 amide bonds. The van der Waals surface area contributed by atoms with Crippen molar-refractivity contribution in [3.8, 4) is 123 Å². The van der Waals surface area contributed by atoms with E-state index in [0.29, 0.717) is 0 Å². The molecule has 0 spiro atoms. The summed E-state index contributed by atoms with van der Waals surface area (Å²) in [5.41, 5.74) is 25.4. The zero-order chi connectivity index (χ0) is 51.5. The molecule has 13 aromatic rings. The third-order valence-electron chi connectivity index (χ3n) is 14.5. The molecule has 0 bridgehead atoms. The molecule has 0 aliphatic heterocycles. The topological polar surface area (TPSA) is 38.7 Å². The maximum Gasteiger partial charge on any atom is 3.00 e. The van der Waals surface area contributed by atoms with E-state index >= 15 is 0 Å². The Morgan fingerprint density at radius 2 is 0.718 bits per heavy atom. The first-order chi connectivity index (χ1) is 38.1. The van der Waals surface area contributed by atoms with E-state index in [2.05, 4.69) is 260 Å². The molecule has 0 saturated carbocycles. The third-order valence-corrected chi connectivity index (χ3v) is 14.5. The number of nitrogens with zero attached hydrogens (tertiary/aromatic N) is 3. The molecule has 10 aromatic carbocycles. The van der Waals surface area contributed by atoms with Gasteiger partial charge < -0.3 is 9.97 Å². The molecule has 0 aliphatic rings. The molecular weight excluding hydrogens is 1120 g/mol. The Morgan fingerprint density at radius 1 is 0.282 bits per heavy atom. The first-order valence-corrected chi connectivity index (χ1v) is 26.0. The molecule has 4 heteroatoms. The van der Waals surface area contributed by atoms with Crippen LogP contribution in [0.5, 0.6) is 0 Å². The van der Waals surface area contributed by atoms with Gasteiger partial charge >= 0.3 is 20.1 Å². The van der Waals surface area contributed by atoms with Gasteiger partial charge in [-0.1, -0.05) is 215 Å². The van der Waals surface area contributed by atoms with Gasteiger partial charge in [-0.15, -0.1) is 83.4 Å². The predicted molar refractivity (Wildman–Crippen MR) is 318 cm³/mol. The van der Waals surface area contributed by atoms with Gasteiger partial charge in [0.05, 0.1) is 5.52 Å². The van der Waals surface area contributed by atoms with E-state index in [1.165, 1.54) is 16.7 Å². The number of benzene rings is 10. The summed E-state index contributed by atoms with van der Waals surface area (Å²) in [7, 11) is 0. The number of hydrogen-bond acceptors (Lipinski definition) is 3. The van der Waals surface area contributed by atoms with E-state index in [1.807, 2.05) is 48.8 Å². The number of hydrogen-bond donors (Lipinski definition) is 0. The summed E-state index contributed by atoms with van der Waals surface area (Å²) in [5.74, 6) is 0. The molecule has 3 heterocycles. The fourth-order valence-corrected chi connectivity index (χ4v) is 10.6. The molecule has 78 heavy (non-hydrogen) atoms. The molecule has 368 valence electrons. The summed E-state index contributed by atoms with van der Waals surface area (Å²) in [6, 6.07) is 103. The van der Waals surface area contributed by atoms with E-state index < -0.39 is 0 Å². The van der Waals surface area contributed by atoms with E-state index in [9.17, 15) is 0 Å². The Morgan fingerprint density at radius 3 is 1.24 bits per heavy atom. The van der Waals surface area contributed by atoms with Crippen molar-refractivity contribution < 1.29 is 20.1 Å². The number of aryl methyl sites for hydroxylation is 1. The SMILES string of the molecule is Cc1cc(-c2[c-]cc(-c3ccccc3-c3cc(-c4ccccc4-c4c[c-]c(-c5ccccn5)cc4)cc(-c4ccccc4-c4c[c-]c(-c5ccccn5)cc4)c3)c(-c3ccc(-c4ccccc4)cc3)c2)nc2ccccc12.[Ir+3]. The van der Waals surface area contributed by atoms with Gasteiger partial charge in [0, 0.05) is 17.8 Å². The van der Waals surface area contributed by atoms with Gasteiger partial charge in [0.25, 0.3) is 0 Å². The Bertz CT molecular complexity index is 4090. The van der Waals surface area contributed by atoms with E-state index in [4.69, 9.17) is 4.98 Å². The van der Waals surface area contributed by atoms with Crippen molar-refractivity contribution in [3.05, 3.63) is 297 Å². The molecular formula is C74H48IrN3. The average molecular weight is 1170 g/mol. The normalized spacial score (nSPS) is 11.0. The Kier molecular flexibility index (Phi) is 14.0. The van der Waals surface area contributed by atoms with Crippen LogP contribution in [0.25, 0.3) is 134 Å². The second-order valence-electron chi connectivity index (χ2n) is 19.3. The molecule has 0 N–H and O–H groups in total. The van der Waals surface area contributed by atoms with Crippen molar-refractivity contribution in [3.63, 3.8) is 0 Å².